The summed E-state index contributed by atoms with van der Waals surface area (Å²) < 4.78 is 12.0. The minimum atomic E-state index is -1.26. The molecule has 1 saturated carbocycles. The molecule has 3 aliphatic rings. The molecule has 2 fully saturated rings. The maximum absolute atomic E-state index is 14.2. The van der Waals surface area contributed by atoms with Crippen LogP contribution in [0.15, 0.2) is 53.0 Å². The zero-order valence-corrected chi connectivity index (χ0v) is 25.0. The number of piperidine rings is 1. The van der Waals surface area contributed by atoms with Crippen LogP contribution in [0.5, 0.6) is 0 Å². The number of para-hydroxylation sites is 1. The number of amides is 2. The number of methoxy groups -OCH3 is 1. The molecule has 6 nitrogen and oxygen atoms in total. The van der Waals surface area contributed by atoms with Gasteiger partial charge in [0.2, 0.25) is 0 Å². The average Bonchev–Trinajstić information content (AvgIpc) is 3.23. The fourth-order valence-corrected chi connectivity index (χ4v) is 8.46. The first-order valence-electron chi connectivity index (χ1n) is 12.0. The summed E-state index contributed by atoms with van der Waals surface area (Å²) in [4.78, 5) is 30.4. The van der Waals surface area contributed by atoms with Crippen LogP contribution in [0.2, 0.25) is 25.7 Å². The number of nitrogens with zero attached hydrogens (tertiary/aromatic N) is 2. The highest BCUT2D eigenvalue weighted by Gasteiger charge is 2.69. The number of benzene rings is 1. The smallest absolute Gasteiger partial charge is 0.409 e. The highest BCUT2D eigenvalue weighted by molar-refractivity contribution is 9.10. The van der Waals surface area contributed by atoms with E-state index in [0.29, 0.717) is 13.2 Å². The quantitative estimate of drug-likeness (QED) is 0.116. The third-order valence-electron chi connectivity index (χ3n) is 7.69. The van der Waals surface area contributed by atoms with E-state index in [1.54, 1.807) is 9.80 Å². The first kappa shape index (κ1) is 26.6. The van der Waals surface area contributed by atoms with E-state index in [0.717, 1.165) is 28.2 Å². The van der Waals surface area contributed by atoms with Gasteiger partial charge in [-0.3, -0.25) is 9.69 Å². The standard InChI is InChI=1S/C26H34Br2N2O4Si/c1-6-26-15-29(25(32)33-2)23-21(26)17(11-12-18(26)22(23)28)24(31)30(16-34-13-14-35(3,4)5)20-10-8-7-9-19(20)27/h6-11,18,21-23H,1,12-16H2,2-5H3. The van der Waals surface area contributed by atoms with E-state index in [1.165, 1.54) is 7.11 Å². The van der Waals surface area contributed by atoms with Crippen molar-refractivity contribution < 1.29 is 19.1 Å². The lowest BCUT2D eigenvalue weighted by Gasteiger charge is -2.41. The number of carbonyl (C=O) groups is 2. The lowest BCUT2D eigenvalue weighted by Crippen LogP contribution is -2.48. The van der Waals surface area contributed by atoms with Gasteiger partial charge in [-0.05, 0) is 46.4 Å². The van der Waals surface area contributed by atoms with Crippen molar-refractivity contribution in [3.05, 3.63) is 53.0 Å². The zero-order chi connectivity index (χ0) is 25.5. The number of carbonyl (C=O) groups excluding carboxylic acids is 2. The second kappa shape index (κ2) is 10.1. The van der Waals surface area contributed by atoms with Crippen LogP contribution in [0.25, 0.3) is 0 Å². The topological polar surface area (TPSA) is 59.1 Å². The number of rotatable bonds is 8. The van der Waals surface area contributed by atoms with Crippen LogP contribution in [0, 0.1) is 17.3 Å². The van der Waals surface area contributed by atoms with Gasteiger partial charge in [0, 0.05) is 47.4 Å². The Balaban J connectivity index is 1.66. The molecule has 0 aromatic heterocycles. The SMILES string of the molecule is C=CC12CN(C(=O)OC)C3C(Br)C1CC=C(C(=O)N(COCC[Si](C)(C)C)c1ccccc1Br)C32. The zero-order valence-electron chi connectivity index (χ0n) is 20.8. The molecule has 0 spiro atoms. The summed E-state index contributed by atoms with van der Waals surface area (Å²) in [7, 11) is 0.142. The molecule has 190 valence electrons. The summed E-state index contributed by atoms with van der Waals surface area (Å²) in [5, 5.41) is 0. The molecule has 1 saturated heterocycles. The normalized spacial score (nSPS) is 29.1. The van der Waals surface area contributed by atoms with Gasteiger partial charge in [-0.15, -0.1) is 6.58 Å². The molecule has 1 aliphatic heterocycles. The molecule has 2 amide bonds. The molecule has 5 atom stereocenters. The Morgan fingerprint density at radius 3 is 2.66 bits per heavy atom. The van der Waals surface area contributed by atoms with Crippen molar-refractivity contribution in [2.45, 2.75) is 43.0 Å². The fourth-order valence-electron chi connectivity index (χ4n) is 5.90. The number of hydrogen-bond acceptors (Lipinski definition) is 4. The summed E-state index contributed by atoms with van der Waals surface area (Å²) in [6.07, 6.45) is 4.43. The van der Waals surface area contributed by atoms with Crippen LogP contribution in [0.1, 0.15) is 6.42 Å². The molecule has 9 heteroatoms. The van der Waals surface area contributed by atoms with Crippen molar-refractivity contribution in [3.8, 4) is 0 Å². The number of halogens is 2. The monoisotopic (exact) mass is 624 g/mol. The molecule has 1 aromatic carbocycles. The molecule has 2 aliphatic carbocycles. The molecule has 0 N–H and O–H groups in total. The van der Waals surface area contributed by atoms with E-state index in [2.05, 4.69) is 64.2 Å². The first-order valence-corrected chi connectivity index (χ1v) is 17.4. The maximum Gasteiger partial charge on any atom is 0.409 e. The van der Waals surface area contributed by atoms with Crippen LogP contribution in [0.4, 0.5) is 10.5 Å². The van der Waals surface area contributed by atoms with Gasteiger partial charge in [0.1, 0.15) is 6.73 Å². The van der Waals surface area contributed by atoms with E-state index >= 15 is 0 Å². The molecule has 4 rings (SSSR count). The second-order valence-electron chi connectivity index (χ2n) is 10.9. The Morgan fingerprint density at radius 1 is 1.31 bits per heavy atom. The molecule has 4 bridgehead atoms. The van der Waals surface area contributed by atoms with E-state index in [4.69, 9.17) is 9.47 Å². The van der Waals surface area contributed by atoms with Crippen molar-refractivity contribution in [2.24, 2.45) is 17.3 Å². The largest absolute Gasteiger partial charge is 0.453 e. The Bertz CT molecular complexity index is 1040. The first-order chi connectivity index (χ1) is 16.6. The van der Waals surface area contributed by atoms with Crippen LogP contribution in [0.3, 0.4) is 0 Å². The van der Waals surface area contributed by atoms with Crippen molar-refractivity contribution >= 4 is 57.6 Å². The summed E-state index contributed by atoms with van der Waals surface area (Å²) in [6, 6.07) is 8.57. The fraction of sp³-hybridized carbons (Fsp3) is 0.538. The third kappa shape index (κ3) is 4.69. The lowest BCUT2D eigenvalue weighted by atomic mass is 9.66. The number of anilines is 1. The maximum atomic E-state index is 14.2. The van der Waals surface area contributed by atoms with Gasteiger partial charge in [-0.1, -0.05) is 59.9 Å². The van der Waals surface area contributed by atoms with Gasteiger partial charge < -0.3 is 14.4 Å². The Morgan fingerprint density at radius 2 is 2.03 bits per heavy atom. The van der Waals surface area contributed by atoms with Gasteiger partial charge in [0.25, 0.3) is 5.91 Å². The van der Waals surface area contributed by atoms with Crippen LogP contribution < -0.4 is 4.90 Å². The number of hydrogen-bond donors (Lipinski definition) is 0. The lowest BCUT2D eigenvalue weighted by molar-refractivity contribution is -0.117. The van der Waals surface area contributed by atoms with E-state index in [-0.39, 0.29) is 46.9 Å². The Hall–Kier alpha value is -1.42. The van der Waals surface area contributed by atoms with Gasteiger partial charge in [0.15, 0.2) is 0 Å². The average molecular weight is 626 g/mol. The summed E-state index contributed by atoms with van der Waals surface area (Å²) in [5.41, 5.74) is 1.13. The van der Waals surface area contributed by atoms with Gasteiger partial charge in [-0.25, -0.2) is 4.79 Å². The molecular formula is C26H34Br2N2O4Si. The molecule has 5 unspecified atom stereocenters. The summed E-state index contributed by atoms with van der Waals surface area (Å²) >= 11 is 7.50. The predicted octanol–water partition coefficient (Wildman–Crippen LogP) is 6.06. The Labute approximate surface area is 226 Å². The second-order valence-corrected chi connectivity index (χ2v) is 18.4. The molecule has 35 heavy (non-hydrogen) atoms. The van der Waals surface area contributed by atoms with E-state index in [9.17, 15) is 9.59 Å². The van der Waals surface area contributed by atoms with Crippen molar-refractivity contribution in [1.29, 1.82) is 0 Å². The van der Waals surface area contributed by atoms with Crippen LogP contribution >= 0.6 is 31.9 Å². The molecule has 1 heterocycles. The van der Waals surface area contributed by atoms with Gasteiger partial charge >= 0.3 is 6.09 Å². The third-order valence-corrected chi connectivity index (χ3v) is 11.2. The van der Waals surface area contributed by atoms with Crippen molar-refractivity contribution in [3.63, 3.8) is 0 Å². The molecule has 0 radical (unpaired) electrons. The molecule has 1 aromatic rings. The Kier molecular flexibility index (Phi) is 7.72. The molecular weight excluding hydrogens is 592 g/mol. The number of alkyl halides is 1. The van der Waals surface area contributed by atoms with Gasteiger partial charge in [-0.2, -0.15) is 0 Å². The number of allylic oxidation sites excluding steroid dienone is 1. The van der Waals surface area contributed by atoms with Crippen molar-refractivity contribution in [1.82, 2.24) is 4.90 Å². The highest BCUT2D eigenvalue weighted by atomic mass is 79.9. The van der Waals surface area contributed by atoms with E-state index in [1.807, 2.05) is 30.3 Å². The minimum absolute atomic E-state index is 0.0600. The van der Waals surface area contributed by atoms with Gasteiger partial charge in [0.05, 0.1) is 18.8 Å². The number of likely N-dealkylation sites (tertiary alicyclic amines) is 1. The summed E-state index contributed by atoms with van der Waals surface area (Å²) in [6.45, 7) is 12.4. The highest BCUT2D eigenvalue weighted by Crippen LogP contribution is 2.64. The van der Waals surface area contributed by atoms with Crippen molar-refractivity contribution in [2.75, 3.05) is 31.9 Å². The summed E-state index contributed by atoms with van der Waals surface area (Å²) in [5.74, 6) is 0.0388. The number of ether oxygens (including phenoxy) is 2. The predicted molar refractivity (Wildman–Crippen MR) is 149 cm³/mol. The van der Waals surface area contributed by atoms with Crippen LogP contribution in [-0.2, 0) is 14.3 Å². The van der Waals surface area contributed by atoms with Crippen LogP contribution in [-0.4, -0.2) is 62.8 Å². The van der Waals surface area contributed by atoms with E-state index < -0.39 is 8.07 Å². The minimum Gasteiger partial charge on any atom is -0.453 e.